The lowest BCUT2D eigenvalue weighted by Crippen LogP contribution is -1.91. The highest BCUT2D eigenvalue weighted by Gasteiger charge is 1.98. The third-order valence-electron chi connectivity index (χ3n) is 2.42. The molecule has 0 saturated carbocycles. The highest BCUT2D eigenvalue weighted by atomic mass is 35.5. The van der Waals surface area contributed by atoms with E-state index in [-0.39, 0.29) is 0 Å². The van der Waals surface area contributed by atoms with E-state index in [1.807, 2.05) is 0 Å². The Bertz CT molecular complexity index is 369. The second kappa shape index (κ2) is 6.53. The first-order valence-electron chi connectivity index (χ1n) is 5.48. The highest BCUT2D eigenvalue weighted by Crippen LogP contribution is 2.13. The summed E-state index contributed by atoms with van der Waals surface area (Å²) in [5.41, 5.74) is 3.95. The summed E-state index contributed by atoms with van der Waals surface area (Å²) in [6.07, 6.45) is 2.94. The first-order valence-corrected chi connectivity index (χ1v) is 6.01. The van der Waals surface area contributed by atoms with Crippen molar-refractivity contribution in [3.63, 3.8) is 0 Å². The molecular formula is C14H17Cl. The number of alkyl halides is 1. The SMILES string of the molecule is CCc1ccc(C#CCCCl)cc1CC. The smallest absolute Gasteiger partial charge is 0.0333 e. The average Bonchev–Trinajstić information content (AvgIpc) is 2.29. The minimum atomic E-state index is 0.612. The second-order valence-electron chi connectivity index (χ2n) is 3.43. The van der Waals surface area contributed by atoms with Crippen molar-refractivity contribution in [2.24, 2.45) is 0 Å². The van der Waals surface area contributed by atoms with E-state index in [2.05, 4.69) is 43.9 Å². The Kier molecular flexibility index (Phi) is 5.29. The van der Waals surface area contributed by atoms with Gasteiger partial charge in [0.15, 0.2) is 0 Å². The van der Waals surface area contributed by atoms with Gasteiger partial charge in [-0.05, 0) is 36.1 Å². The van der Waals surface area contributed by atoms with Gasteiger partial charge in [0.25, 0.3) is 0 Å². The lowest BCUT2D eigenvalue weighted by Gasteiger charge is -2.05. The van der Waals surface area contributed by atoms with Crippen LogP contribution < -0.4 is 0 Å². The molecule has 0 aliphatic carbocycles. The van der Waals surface area contributed by atoms with Crippen molar-refractivity contribution < 1.29 is 0 Å². The molecule has 0 radical (unpaired) electrons. The minimum Gasteiger partial charge on any atom is -0.126 e. The quantitative estimate of drug-likeness (QED) is 0.537. The van der Waals surface area contributed by atoms with Crippen molar-refractivity contribution in [2.45, 2.75) is 33.1 Å². The fourth-order valence-electron chi connectivity index (χ4n) is 1.59. The largest absolute Gasteiger partial charge is 0.126 e. The van der Waals surface area contributed by atoms with E-state index in [1.54, 1.807) is 0 Å². The van der Waals surface area contributed by atoms with Gasteiger partial charge in [-0.1, -0.05) is 31.8 Å². The van der Waals surface area contributed by atoms with Gasteiger partial charge < -0.3 is 0 Å². The van der Waals surface area contributed by atoms with Crippen LogP contribution in [0.3, 0.4) is 0 Å². The van der Waals surface area contributed by atoms with Crippen molar-refractivity contribution >= 4 is 11.6 Å². The molecule has 0 saturated heterocycles. The van der Waals surface area contributed by atoms with E-state index >= 15 is 0 Å². The van der Waals surface area contributed by atoms with Gasteiger partial charge in [-0.25, -0.2) is 0 Å². The Morgan fingerprint density at radius 1 is 1.13 bits per heavy atom. The van der Waals surface area contributed by atoms with Crippen LogP contribution in [0.25, 0.3) is 0 Å². The Labute approximate surface area is 97.7 Å². The number of hydrogen-bond acceptors (Lipinski definition) is 0. The van der Waals surface area contributed by atoms with Crippen LogP contribution >= 0.6 is 11.6 Å². The van der Waals surface area contributed by atoms with Gasteiger partial charge in [0.1, 0.15) is 0 Å². The number of aryl methyl sites for hydroxylation is 2. The second-order valence-corrected chi connectivity index (χ2v) is 3.81. The molecule has 1 heteroatoms. The predicted molar refractivity (Wildman–Crippen MR) is 67.4 cm³/mol. The number of rotatable bonds is 3. The van der Waals surface area contributed by atoms with Crippen LogP contribution in [0.5, 0.6) is 0 Å². The maximum Gasteiger partial charge on any atom is 0.0333 e. The summed E-state index contributed by atoms with van der Waals surface area (Å²) in [6, 6.07) is 6.48. The topological polar surface area (TPSA) is 0 Å². The van der Waals surface area contributed by atoms with Crippen molar-refractivity contribution in [2.75, 3.05) is 5.88 Å². The summed E-state index contributed by atoms with van der Waals surface area (Å²) in [7, 11) is 0. The number of hydrogen-bond donors (Lipinski definition) is 0. The van der Waals surface area contributed by atoms with Gasteiger partial charge in [-0.15, -0.1) is 11.6 Å². The lowest BCUT2D eigenvalue weighted by molar-refractivity contribution is 1.04. The van der Waals surface area contributed by atoms with Crippen LogP contribution in [-0.4, -0.2) is 5.88 Å². The molecule has 80 valence electrons. The number of benzene rings is 1. The molecule has 0 spiro atoms. The predicted octanol–water partition coefficient (Wildman–Crippen LogP) is 3.79. The first kappa shape index (κ1) is 12.1. The molecule has 1 aromatic carbocycles. The van der Waals surface area contributed by atoms with Gasteiger partial charge in [0.2, 0.25) is 0 Å². The molecule has 0 aliphatic heterocycles. The Morgan fingerprint density at radius 3 is 2.47 bits per heavy atom. The molecule has 0 unspecified atom stereocenters. The molecule has 0 fully saturated rings. The summed E-state index contributed by atoms with van der Waals surface area (Å²) < 4.78 is 0. The van der Waals surface area contributed by atoms with Crippen molar-refractivity contribution in [1.29, 1.82) is 0 Å². The van der Waals surface area contributed by atoms with Crippen molar-refractivity contribution in [3.05, 3.63) is 34.9 Å². The fourth-order valence-corrected chi connectivity index (χ4v) is 1.68. The van der Waals surface area contributed by atoms with Gasteiger partial charge in [-0.3, -0.25) is 0 Å². The zero-order valence-electron chi connectivity index (χ0n) is 9.44. The average molecular weight is 221 g/mol. The lowest BCUT2D eigenvalue weighted by atomic mass is 10.0. The molecule has 0 amide bonds. The number of halogens is 1. The van der Waals surface area contributed by atoms with E-state index in [0.29, 0.717) is 5.88 Å². The van der Waals surface area contributed by atoms with Gasteiger partial charge in [-0.2, -0.15) is 0 Å². The Morgan fingerprint density at radius 2 is 1.87 bits per heavy atom. The molecule has 0 atom stereocenters. The molecule has 0 aromatic heterocycles. The third-order valence-corrected chi connectivity index (χ3v) is 2.61. The molecular weight excluding hydrogens is 204 g/mol. The van der Waals surface area contributed by atoms with E-state index in [0.717, 1.165) is 24.8 Å². The highest BCUT2D eigenvalue weighted by molar-refractivity contribution is 6.18. The zero-order chi connectivity index (χ0) is 11.1. The monoisotopic (exact) mass is 220 g/mol. The fraction of sp³-hybridized carbons (Fsp3) is 0.429. The maximum absolute atomic E-state index is 5.57. The van der Waals surface area contributed by atoms with Crippen LogP contribution in [-0.2, 0) is 12.8 Å². The van der Waals surface area contributed by atoms with Crippen molar-refractivity contribution in [3.8, 4) is 11.8 Å². The summed E-state index contributed by atoms with van der Waals surface area (Å²) in [5.74, 6) is 6.81. The van der Waals surface area contributed by atoms with Crippen LogP contribution in [0.2, 0.25) is 0 Å². The van der Waals surface area contributed by atoms with Crippen LogP contribution in [0, 0.1) is 11.8 Å². The third kappa shape index (κ3) is 3.61. The molecule has 15 heavy (non-hydrogen) atoms. The molecule has 0 bridgehead atoms. The molecule has 0 heterocycles. The Hall–Kier alpha value is -0.930. The molecule has 0 aliphatic rings. The summed E-state index contributed by atoms with van der Waals surface area (Å²) in [4.78, 5) is 0. The van der Waals surface area contributed by atoms with E-state index in [9.17, 15) is 0 Å². The van der Waals surface area contributed by atoms with Crippen LogP contribution in [0.1, 0.15) is 37.0 Å². The van der Waals surface area contributed by atoms with E-state index in [1.165, 1.54) is 11.1 Å². The van der Waals surface area contributed by atoms with Crippen molar-refractivity contribution in [1.82, 2.24) is 0 Å². The molecule has 0 nitrogen and oxygen atoms in total. The van der Waals surface area contributed by atoms with Crippen LogP contribution in [0.15, 0.2) is 18.2 Å². The molecule has 1 aromatic rings. The summed E-state index contributed by atoms with van der Waals surface area (Å²) in [6.45, 7) is 4.37. The van der Waals surface area contributed by atoms with Crippen LogP contribution in [0.4, 0.5) is 0 Å². The van der Waals surface area contributed by atoms with Gasteiger partial charge in [0.05, 0.1) is 0 Å². The summed E-state index contributed by atoms with van der Waals surface area (Å²) >= 11 is 5.57. The minimum absolute atomic E-state index is 0.612. The normalized spacial score (nSPS) is 9.53. The van der Waals surface area contributed by atoms with Gasteiger partial charge >= 0.3 is 0 Å². The molecule has 1 rings (SSSR count). The Balaban J connectivity index is 2.89. The standard InChI is InChI=1S/C14H17Cl/c1-3-13-9-8-12(7-5-6-10-15)11-14(13)4-2/h8-9,11H,3-4,6,10H2,1-2H3. The zero-order valence-corrected chi connectivity index (χ0v) is 10.2. The molecule has 0 N–H and O–H groups in total. The van der Waals surface area contributed by atoms with E-state index in [4.69, 9.17) is 11.6 Å². The first-order chi connectivity index (χ1) is 7.31. The summed E-state index contributed by atoms with van der Waals surface area (Å²) in [5, 5.41) is 0. The van der Waals surface area contributed by atoms with E-state index < -0.39 is 0 Å². The maximum atomic E-state index is 5.57. The van der Waals surface area contributed by atoms with Gasteiger partial charge in [0, 0.05) is 17.9 Å².